The van der Waals surface area contributed by atoms with Crippen LogP contribution in [0.3, 0.4) is 0 Å². The van der Waals surface area contributed by atoms with Crippen LogP contribution in [0.5, 0.6) is 0 Å². The molecule has 8 heteroatoms. The van der Waals surface area contributed by atoms with Crippen LogP contribution in [0.4, 0.5) is 13.2 Å². The molecule has 20 heavy (non-hydrogen) atoms. The maximum absolute atomic E-state index is 12.8. The summed E-state index contributed by atoms with van der Waals surface area (Å²) in [6.45, 7) is 0. The molecule has 0 N–H and O–H groups in total. The Hall–Kier alpha value is -2.09. The highest BCUT2D eigenvalue weighted by molar-refractivity contribution is 7.99. The highest BCUT2D eigenvalue weighted by atomic mass is 32.2. The molecule has 4 nitrogen and oxygen atoms in total. The molecule has 0 saturated heterocycles. The average Bonchev–Trinajstić information content (AvgIpc) is 2.85. The number of alkyl halides is 3. The van der Waals surface area contributed by atoms with E-state index in [2.05, 4.69) is 15.2 Å². The lowest BCUT2D eigenvalue weighted by Gasteiger charge is -2.05. The second-order valence-corrected chi connectivity index (χ2v) is 4.92. The molecule has 3 rings (SSSR count). The molecule has 102 valence electrons. The average molecular weight is 296 g/mol. The number of benzene rings is 1. The van der Waals surface area contributed by atoms with Crippen molar-refractivity contribution in [2.45, 2.75) is 16.1 Å². The Morgan fingerprint density at radius 1 is 1.05 bits per heavy atom. The minimum atomic E-state index is -4.55. The van der Waals surface area contributed by atoms with Crippen LogP contribution in [0.1, 0.15) is 5.82 Å². The van der Waals surface area contributed by atoms with Crippen LogP contribution in [-0.2, 0) is 6.18 Å². The fourth-order valence-corrected chi connectivity index (χ4v) is 2.53. The summed E-state index contributed by atoms with van der Waals surface area (Å²) >= 11 is 1.24. The molecule has 2 heterocycles. The minimum absolute atomic E-state index is 0.0914. The normalized spacial score (nSPS) is 11.9. The van der Waals surface area contributed by atoms with E-state index in [1.165, 1.54) is 24.2 Å². The number of fused-ring (bicyclic) bond motifs is 1. The Labute approximate surface area is 115 Å². The fourth-order valence-electron chi connectivity index (χ4n) is 1.67. The molecule has 1 aromatic carbocycles. The third-order valence-corrected chi connectivity index (χ3v) is 3.50. The van der Waals surface area contributed by atoms with E-state index in [0.29, 0.717) is 5.03 Å². The molecule has 0 fully saturated rings. The highest BCUT2D eigenvalue weighted by Gasteiger charge is 2.37. The maximum atomic E-state index is 12.8. The van der Waals surface area contributed by atoms with Gasteiger partial charge in [0.1, 0.15) is 5.03 Å². The molecule has 0 unspecified atom stereocenters. The summed E-state index contributed by atoms with van der Waals surface area (Å²) < 4.78 is 39.2. The van der Waals surface area contributed by atoms with Crippen molar-refractivity contribution in [3.8, 4) is 0 Å². The lowest BCUT2D eigenvalue weighted by atomic mass is 10.4. The predicted molar refractivity (Wildman–Crippen MR) is 66.3 cm³/mol. The SMILES string of the molecule is FC(F)(F)c1nnc2c(Sc3ccccc3)nccn12. The molecule has 0 bridgehead atoms. The van der Waals surface area contributed by atoms with Gasteiger partial charge in [-0.3, -0.25) is 4.40 Å². The highest BCUT2D eigenvalue weighted by Crippen LogP contribution is 2.32. The van der Waals surface area contributed by atoms with Crippen LogP contribution in [0.25, 0.3) is 5.65 Å². The molecule has 0 saturated carbocycles. The van der Waals surface area contributed by atoms with Gasteiger partial charge in [0.15, 0.2) is 5.65 Å². The standard InChI is InChI=1S/C12H7F3N4S/c13-12(14,15)11-18-17-9-10(16-6-7-19(9)11)20-8-4-2-1-3-5-8/h1-7H. The first kappa shape index (κ1) is 12.9. The van der Waals surface area contributed by atoms with E-state index in [1.54, 1.807) is 0 Å². The van der Waals surface area contributed by atoms with Gasteiger partial charge in [-0.05, 0) is 12.1 Å². The molecule has 0 aliphatic carbocycles. The Bertz CT molecular complexity index is 739. The fraction of sp³-hybridized carbons (Fsp3) is 0.0833. The lowest BCUT2D eigenvalue weighted by Crippen LogP contribution is -2.10. The number of hydrogen-bond acceptors (Lipinski definition) is 4. The van der Waals surface area contributed by atoms with Crippen molar-refractivity contribution in [2.24, 2.45) is 0 Å². The first-order valence-corrected chi connectivity index (χ1v) is 6.37. The molecule has 0 atom stereocenters. The number of rotatable bonds is 2. The zero-order valence-corrected chi connectivity index (χ0v) is 10.7. The van der Waals surface area contributed by atoms with Gasteiger partial charge in [-0.1, -0.05) is 30.0 Å². The zero-order valence-electron chi connectivity index (χ0n) is 9.87. The van der Waals surface area contributed by atoms with E-state index in [9.17, 15) is 13.2 Å². The van der Waals surface area contributed by atoms with Gasteiger partial charge in [0, 0.05) is 17.3 Å². The Morgan fingerprint density at radius 2 is 1.80 bits per heavy atom. The smallest absolute Gasteiger partial charge is 0.275 e. The van der Waals surface area contributed by atoms with Crippen LogP contribution >= 0.6 is 11.8 Å². The quantitative estimate of drug-likeness (QED) is 0.728. The van der Waals surface area contributed by atoms with Crippen LogP contribution in [0.2, 0.25) is 0 Å². The van der Waals surface area contributed by atoms with Crippen molar-refractivity contribution in [1.29, 1.82) is 0 Å². The number of nitrogens with zero attached hydrogens (tertiary/aromatic N) is 4. The van der Waals surface area contributed by atoms with Crippen LogP contribution in [0.15, 0.2) is 52.6 Å². The van der Waals surface area contributed by atoms with Gasteiger partial charge in [-0.25, -0.2) is 4.98 Å². The Kier molecular flexibility index (Phi) is 3.09. The molecular weight excluding hydrogens is 289 g/mol. The van der Waals surface area contributed by atoms with E-state index in [4.69, 9.17) is 0 Å². The molecule has 0 radical (unpaired) electrons. The zero-order chi connectivity index (χ0) is 14.2. The second-order valence-electron chi connectivity index (χ2n) is 3.86. The van der Waals surface area contributed by atoms with Crippen molar-refractivity contribution >= 4 is 17.4 Å². The van der Waals surface area contributed by atoms with Crippen molar-refractivity contribution in [2.75, 3.05) is 0 Å². The first-order valence-electron chi connectivity index (χ1n) is 5.55. The van der Waals surface area contributed by atoms with Crippen molar-refractivity contribution in [1.82, 2.24) is 19.6 Å². The van der Waals surface area contributed by atoms with Gasteiger partial charge >= 0.3 is 6.18 Å². The van der Waals surface area contributed by atoms with Crippen LogP contribution in [-0.4, -0.2) is 19.6 Å². The maximum Gasteiger partial charge on any atom is 0.452 e. The predicted octanol–water partition coefficient (Wildman–Crippen LogP) is 3.29. The van der Waals surface area contributed by atoms with E-state index < -0.39 is 12.0 Å². The van der Waals surface area contributed by atoms with Gasteiger partial charge < -0.3 is 0 Å². The summed E-state index contributed by atoms with van der Waals surface area (Å²) in [6.07, 6.45) is -2.04. The van der Waals surface area contributed by atoms with Gasteiger partial charge in [-0.15, -0.1) is 10.2 Å². The molecule has 0 spiro atoms. The third-order valence-electron chi connectivity index (χ3n) is 2.51. The van der Waals surface area contributed by atoms with E-state index in [-0.39, 0.29) is 5.65 Å². The lowest BCUT2D eigenvalue weighted by molar-refractivity contribution is -0.145. The summed E-state index contributed by atoms with van der Waals surface area (Å²) in [4.78, 5) is 4.94. The Morgan fingerprint density at radius 3 is 2.50 bits per heavy atom. The molecule has 0 aliphatic heterocycles. The van der Waals surface area contributed by atoms with Crippen molar-refractivity contribution in [3.05, 3.63) is 48.5 Å². The topological polar surface area (TPSA) is 43.1 Å². The van der Waals surface area contributed by atoms with Crippen molar-refractivity contribution < 1.29 is 13.2 Å². The van der Waals surface area contributed by atoms with Crippen LogP contribution < -0.4 is 0 Å². The molecule has 0 aliphatic rings. The summed E-state index contributed by atoms with van der Waals surface area (Å²) in [5.41, 5.74) is 0.0914. The third kappa shape index (κ3) is 2.34. The first-order chi connectivity index (χ1) is 9.55. The van der Waals surface area contributed by atoms with Gasteiger partial charge in [0.2, 0.25) is 5.82 Å². The molecule has 2 aromatic heterocycles. The number of hydrogen-bond donors (Lipinski definition) is 0. The molecule has 0 amide bonds. The summed E-state index contributed by atoms with van der Waals surface area (Å²) in [6, 6.07) is 9.23. The monoisotopic (exact) mass is 296 g/mol. The summed E-state index contributed by atoms with van der Waals surface area (Å²) in [5.74, 6) is -1.05. The van der Waals surface area contributed by atoms with Gasteiger partial charge in [0.25, 0.3) is 0 Å². The van der Waals surface area contributed by atoms with Gasteiger partial charge in [0.05, 0.1) is 0 Å². The largest absolute Gasteiger partial charge is 0.452 e. The van der Waals surface area contributed by atoms with Gasteiger partial charge in [-0.2, -0.15) is 13.2 Å². The van der Waals surface area contributed by atoms with Crippen LogP contribution in [0, 0.1) is 0 Å². The minimum Gasteiger partial charge on any atom is -0.275 e. The van der Waals surface area contributed by atoms with E-state index in [0.717, 1.165) is 9.30 Å². The Balaban J connectivity index is 2.07. The number of aromatic nitrogens is 4. The summed E-state index contributed by atoms with van der Waals surface area (Å²) in [7, 11) is 0. The second kappa shape index (κ2) is 4.78. The van der Waals surface area contributed by atoms with E-state index >= 15 is 0 Å². The van der Waals surface area contributed by atoms with Crippen molar-refractivity contribution in [3.63, 3.8) is 0 Å². The molecule has 3 aromatic rings. The number of halogens is 3. The molecular formula is C12H7F3N4S. The van der Waals surface area contributed by atoms with E-state index in [1.807, 2.05) is 30.3 Å². The summed E-state index contributed by atoms with van der Waals surface area (Å²) in [5, 5.41) is 7.17.